The highest BCUT2D eigenvalue weighted by Gasteiger charge is 2.57. The largest absolute Gasteiger partial charge is 0.462 e. The number of benzene rings is 1. The maximum Gasteiger partial charge on any atom is 0.459 e. The van der Waals surface area contributed by atoms with Crippen LogP contribution in [-0.2, 0) is 23.4 Å². The summed E-state index contributed by atoms with van der Waals surface area (Å²) in [6, 6.07) is 6.99. The molecule has 0 radical (unpaired) electrons. The van der Waals surface area contributed by atoms with Crippen molar-refractivity contribution in [3.63, 3.8) is 0 Å². The van der Waals surface area contributed by atoms with Crippen molar-refractivity contribution in [2.45, 2.75) is 57.0 Å². The fourth-order valence-electron chi connectivity index (χ4n) is 4.19. The number of aliphatic hydroxyl groups is 1. The number of fused-ring (bicyclic) bond motifs is 1. The van der Waals surface area contributed by atoms with Gasteiger partial charge >= 0.3 is 13.7 Å². The molecule has 0 bridgehead atoms. The number of aromatic nitrogens is 4. The van der Waals surface area contributed by atoms with Crippen molar-refractivity contribution in [3.05, 3.63) is 49.3 Å². The highest BCUT2D eigenvalue weighted by atomic mass is 31.2. The van der Waals surface area contributed by atoms with Gasteiger partial charge in [-0.2, -0.15) is 15.1 Å². The van der Waals surface area contributed by atoms with Gasteiger partial charge in [0.25, 0.3) is 0 Å². The number of carbonyl (C=O) groups excluding carboxylic acids is 1. The summed E-state index contributed by atoms with van der Waals surface area (Å²) in [5.41, 5.74) is 3.70. The number of halogens is 1. The first-order valence-corrected chi connectivity index (χ1v) is 14.3. The number of para-hydroxylation sites is 1. The van der Waals surface area contributed by atoms with E-state index in [1.807, 2.05) is 0 Å². The number of esters is 1. The molecule has 1 aliphatic rings. The molecule has 5 N–H and O–H groups in total. The van der Waals surface area contributed by atoms with Gasteiger partial charge in [0, 0.05) is 7.05 Å². The third-order valence-electron chi connectivity index (χ3n) is 6.16. The quantitative estimate of drug-likeness (QED) is 0.137. The Balaban J connectivity index is 1.59. The van der Waals surface area contributed by atoms with E-state index in [0.29, 0.717) is 5.82 Å². The van der Waals surface area contributed by atoms with Crippen molar-refractivity contribution in [2.24, 2.45) is 0 Å². The molecule has 3 aromatic rings. The van der Waals surface area contributed by atoms with Crippen molar-refractivity contribution < 1.29 is 37.4 Å². The first-order valence-electron chi connectivity index (χ1n) is 12.7. The smallest absolute Gasteiger partial charge is 0.459 e. The van der Waals surface area contributed by atoms with Gasteiger partial charge in [-0.05, 0) is 39.0 Å². The zero-order chi connectivity index (χ0) is 29.9. The molecule has 4 rings (SSSR count). The lowest BCUT2D eigenvalue weighted by Crippen LogP contribution is -2.42. The van der Waals surface area contributed by atoms with E-state index in [9.17, 15) is 14.5 Å². The Kier molecular flexibility index (Phi) is 8.94. The van der Waals surface area contributed by atoms with Crippen LogP contribution < -0.4 is 20.7 Å². The normalized spacial score (nSPS) is 24.6. The zero-order valence-electron chi connectivity index (χ0n) is 22.9. The number of nitrogen functional groups attached to an aromatic ring is 1. The predicted octanol–water partition coefficient (Wildman–Crippen LogP) is 2.74. The fraction of sp³-hybridized carbons (Fsp3) is 0.440. The van der Waals surface area contributed by atoms with E-state index in [1.165, 1.54) is 30.0 Å². The van der Waals surface area contributed by atoms with Gasteiger partial charge in [-0.3, -0.25) is 13.9 Å². The molecule has 2 aromatic heterocycles. The van der Waals surface area contributed by atoms with Crippen molar-refractivity contribution >= 4 is 36.6 Å². The van der Waals surface area contributed by atoms with E-state index in [4.69, 9.17) is 24.3 Å². The molecule has 1 saturated heterocycles. The molecule has 3 heterocycles. The minimum atomic E-state index is -4.31. The monoisotopic (exact) mass is 593 g/mol. The number of alkyl halides is 1. The Morgan fingerprint density at radius 3 is 2.68 bits per heavy atom. The van der Waals surface area contributed by atoms with E-state index in [-0.39, 0.29) is 22.9 Å². The second kappa shape index (κ2) is 12.1. The molecule has 14 nitrogen and oxygen atoms in total. The van der Waals surface area contributed by atoms with E-state index in [2.05, 4.69) is 31.9 Å². The van der Waals surface area contributed by atoms with Crippen LogP contribution in [0.5, 0.6) is 5.75 Å². The topological polar surface area (TPSA) is 185 Å². The number of ether oxygens (including phenoxy) is 2. The minimum Gasteiger partial charge on any atom is -0.462 e. The lowest BCUT2D eigenvalue weighted by molar-refractivity contribution is -0.149. The lowest BCUT2D eigenvalue weighted by Gasteiger charge is -2.26. The number of hydrogen-bond donors (Lipinski definition) is 4. The molecule has 0 aliphatic carbocycles. The van der Waals surface area contributed by atoms with Gasteiger partial charge in [-0.1, -0.05) is 24.8 Å². The van der Waals surface area contributed by atoms with Gasteiger partial charge in [0.15, 0.2) is 23.2 Å². The molecule has 41 heavy (non-hydrogen) atoms. The summed E-state index contributed by atoms with van der Waals surface area (Å²) in [7, 11) is -2.70. The van der Waals surface area contributed by atoms with Gasteiger partial charge in [0.05, 0.1) is 19.0 Å². The number of nitrogens with zero attached hydrogens (tertiary/aromatic N) is 4. The Morgan fingerprint density at radius 2 is 2.05 bits per heavy atom. The van der Waals surface area contributed by atoms with Gasteiger partial charge in [-0.25, -0.2) is 13.9 Å². The number of carbonyl (C=O) groups is 1. The van der Waals surface area contributed by atoms with Crippen LogP contribution in [0, 0.1) is 0 Å². The van der Waals surface area contributed by atoms with Gasteiger partial charge < -0.3 is 30.2 Å². The summed E-state index contributed by atoms with van der Waals surface area (Å²) >= 11 is 0. The van der Waals surface area contributed by atoms with Crippen LogP contribution in [0.3, 0.4) is 0 Å². The molecule has 1 aromatic carbocycles. The Hall–Kier alpha value is -3.62. The number of anilines is 2. The Morgan fingerprint density at radius 1 is 1.34 bits per heavy atom. The number of aliphatic hydroxyl groups excluding tert-OH is 1. The number of imidazole rings is 1. The maximum atomic E-state index is 16.3. The van der Waals surface area contributed by atoms with Crippen LogP contribution >= 0.6 is 7.75 Å². The second-order valence-electron chi connectivity index (χ2n) is 9.54. The summed E-state index contributed by atoms with van der Waals surface area (Å²) < 4.78 is 53.6. The first-order chi connectivity index (χ1) is 19.4. The van der Waals surface area contributed by atoms with Crippen molar-refractivity contribution in [2.75, 3.05) is 24.7 Å². The van der Waals surface area contributed by atoms with E-state index in [1.54, 1.807) is 39.1 Å². The number of hydrogen-bond acceptors (Lipinski definition) is 12. The molecule has 0 saturated carbocycles. The van der Waals surface area contributed by atoms with Crippen LogP contribution in [0.4, 0.5) is 16.2 Å². The molecule has 6 atom stereocenters. The minimum absolute atomic E-state index is 0.0970. The second-order valence-corrected chi connectivity index (χ2v) is 11.2. The Labute approximate surface area is 235 Å². The van der Waals surface area contributed by atoms with Gasteiger partial charge in [0.2, 0.25) is 11.6 Å². The van der Waals surface area contributed by atoms with Crippen LogP contribution in [0.15, 0.2) is 49.3 Å². The molecular formula is C25H33FN7O7P. The summed E-state index contributed by atoms with van der Waals surface area (Å²) in [5, 5.41) is 16.4. The number of nitrogens with one attached hydrogen (secondary N) is 2. The fourth-order valence-corrected chi connectivity index (χ4v) is 5.69. The van der Waals surface area contributed by atoms with Gasteiger partial charge in [0.1, 0.15) is 24.0 Å². The standard InChI is InChI=1S/C25H33FN7O7P/c1-6-25(26)19(34)17(39-23(25)33-13-29-18-20(28-5)30-24(27)31-21(18)33)12-37-41(36,40-16-10-8-7-9-11-16)32-15(4)22(35)38-14(2)3/h6-11,13-15,17,19,23,34H,1,12H2,2-5H3,(H,32,36)(H3,27,28,30,31)/t15-,17+,19+,23+,25+,41+/m0/s1. The van der Waals surface area contributed by atoms with Crippen molar-refractivity contribution in [1.82, 2.24) is 24.6 Å². The number of nitrogens with two attached hydrogens (primary N) is 1. The highest BCUT2D eigenvalue weighted by molar-refractivity contribution is 7.52. The summed E-state index contributed by atoms with van der Waals surface area (Å²) in [6.07, 6.45) is -2.93. The third-order valence-corrected chi connectivity index (χ3v) is 7.81. The van der Waals surface area contributed by atoms with Gasteiger partial charge in [-0.15, -0.1) is 0 Å². The molecule has 222 valence electrons. The van der Waals surface area contributed by atoms with E-state index in [0.717, 1.165) is 6.08 Å². The number of rotatable bonds is 12. The van der Waals surface area contributed by atoms with Crippen LogP contribution in [0.25, 0.3) is 11.2 Å². The molecule has 0 spiro atoms. The average Bonchev–Trinajstić information content (AvgIpc) is 3.45. The van der Waals surface area contributed by atoms with E-state index >= 15 is 4.39 Å². The third kappa shape index (κ3) is 6.34. The van der Waals surface area contributed by atoms with E-state index < -0.39 is 56.6 Å². The SMILES string of the molecule is C=C[C@@]1(F)[C@H](O)[C@@H](CO[P@](=O)(N[C@@H](C)C(=O)OC(C)C)Oc2ccccc2)O[C@H]1n1cnc2c(NC)nc(N)nc21. The summed E-state index contributed by atoms with van der Waals surface area (Å²) in [4.78, 5) is 24.8. The molecule has 0 unspecified atom stereocenters. The van der Waals surface area contributed by atoms with Crippen molar-refractivity contribution in [1.29, 1.82) is 0 Å². The molecule has 0 amide bonds. The molecule has 16 heteroatoms. The summed E-state index contributed by atoms with van der Waals surface area (Å²) in [5.74, 6) is -0.309. The molecule has 1 aliphatic heterocycles. The Bertz CT molecular complexity index is 1440. The van der Waals surface area contributed by atoms with Crippen LogP contribution in [0.1, 0.15) is 27.0 Å². The highest BCUT2D eigenvalue weighted by Crippen LogP contribution is 2.48. The molecule has 1 fully saturated rings. The lowest BCUT2D eigenvalue weighted by atomic mass is 9.96. The summed E-state index contributed by atoms with van der Waals surface area (Å²) in [6.45, 7) is 7.69. The van der Waals surface area contributed by atoms with Crippen LogP contribution in [-0.4, -0.2) is 74.3 Å². The first kappa shape index (κ1) is 30.3. The maximum absolute atomic E-state index is 16.3. The average molecular weight is 594 g/mol. The molecular weight excluding hydrogens is 560 g/mol. The van der Waals surface area contributed by atoms with Crippen LogP contribution in [0.2, 0.25) is 0 Å². The zero-order valence-corrected chi connectivity index (χ0v) is 23.8. The predicted molar refractivity (Wildman–Crippen MR) is 148 cm³/mol. The van der Waals surface area contributed by atoms with Crippen molar-refractivity contribution in [3.8, 4) is 5.75 Å².